The molecule has 0 bridgehead atoms. The molecular formula is C11H8O4. The lowest BCUT2D eigenvalue weighted by Gasteiger charge is -1.90. The average Bonchev–Trinajstić information content (AvgIpc) is 2.18. The van der Waals surface area contributed by atoms with Gasteiger partial charge in [0.1, 0.15) is 0 Å². The van der Waals surface area contributed by atoms with Gasteiger partial charge in [0.15, 0.2) is 5.57 Å². The van der Waals surface area contributed by atoms with Crippen molar-refractivity contribution in [3.63, 3.8) is 0 Å². The number of carboxylic acid groups (broad SMARTS) is 2. The van der Waals surface area contributed by atoms with Crippen molar-refractivity contribution in [2.45, 2.75) is 0 Å². The van der Waals surface area contributed by atoms with Crippen LogP contribution in [0.4, 0.5) is 0 Å². The van der Waals surface area contributed by atoms with E-state index >= 15 is 0 Å². The molecule has 1 rings (SSSR count). The maximum absolute atomic E-state index is 10.5. The summed E-state index contributed by atoms with van der Waals surface area (Å²) in [6.45, 7) is 0. The first-order valence-electron chi connectivity index (χ1n) is 4.09. The average molecular weight is 204 g/mol. The molecule has 0 aliphatic rings. The molecular weight excluding hydrogens is 196 g/mol. The Morgan fingerprint density at radius 2 is 1.60 bits per heavy atom. The van der Waals surface area contributed by atoms with Crippen molar-refractivity contribution in [2.24, 2.45) is 0 Å². The third kappa shape index (κ3) is 3.14. The van der Waals surface area contributed by atoms with Crippen molar-refractivity contribution in [1.82, 2.24) is 0 Å². The smallest absolute Gasteiger partial charge is 0.351 e. The molecule has 2 N–H and O–H groups in total. The first kappa shape index (κ1) is 10.8. The fraction of sp³-hybridized carbons (Fsp3) is 0. The third-order valence-electron chi connectivity index (χ3n) is 1.61. The lowest BCUT2D eigenvalue weighted by atomic mass is 10.2. The second kappa shape index (κ2) is 4.79. The minimum absolute atomic E-state index is 0.692. The number of carbonyl (C=O) groups is 2. The standard InChI is InChI=1S/C11H8O4/c12-10(13)9(11(14)15)7-6-8-4-2-1-3-5-8/h1-6H,(H,12,13)(H,14,15). The molecule has 0 atom stereocenters. The Morgan fingerprint density at radius 3 is 2.07 bits per heavy atom. The zero-order chi connectivity index (χ0) is 11.3. The molecule has 0 unspecified atom stereocenters. The van der Waals surface area contributed by atoms with Gasteiger partial charge in [-0.05, 0) is 11.6 Å². The Labute approximate surface area is 85.8 Å². The van der Waals surface area contributed by atoms with E-state index in [9.17, 15) is 9.59 Å². The van der Waals surface area contributed by atoms with Crippen LogP contribution in [0.15, 0.2) is 41.6 Å². The molecule has 4 heteroatoms. The van der Waals surface area contributed by atoms with E-state index in [1.807, 2.05) is 0 Å². The summed E-state index contributed by atoms with van der Waals surface area (Å²) >= 11 is 0. The highest BCUT2D eigenvalue weighted by molar-refractivity contribution is 6.12. The van der Waals surface area contributed by atoms with E-state index in [2.05, 4.69) is 5.73 Å². The van der Waals surface area contributed by atoms with Crippen LogP contribution < -0.4 is 0 Å². The number of rotatable bonds is 3. The molecule has 15 heavy (non-hydrogen) atoms. The Hall–Kier alpha value is -2.32. The molecule has 1 aromatic rings. The first-order valence-corrected chi connectivity index (χ1v) is 4.09. The zero-order valence-electron chi connectivity index (χ0n) is 7.68. The van der Waals surface area contributed by atoms with Crippen molar-refractivity contribution in [3.05, 3.63) is 47.2 Å². The molecule has 0 amide bonds. The molecule has 0 saturated heterocycles. The van der Waals surface area contributed by atoms with Crippen molar-refractivity contribution >= 4 is 18.0 Å². The van der Waals surface area contributed by atoms with Gasteiger partial charge in [0.25, 0.3) is 0 Å². The Morgan fingerprint density at radius 1 is 1.07 bits per heavy atom. The van der Waals surface area contributed by atoms with Crippen molar-refractivity contribution in [2.75, 3.05) is 0 Å². The van der Waals surface area contributed by atoms with Gasteiger partial charge in [0.05, 0.1) is 0 Å². The van der Waals surface area contributed by atoms with E-state index in [1.165, 1.54) is 6.08 Å². The Balaban J connectivity index is 3.09. The van der Waals surface area contributed by atoms with E-state index in [-0.39, 0.29) is 0 Å². The Kier molecular flexibility index (Phi) is 3.43. The van der Waals surface area contributed by atoms with Crippen LogP contribution in [0.3, 0.4) is 0 Å². The van der Waals surface area contributed by atoms with Crippen molar-refractivity contribution < 1.29 is 19.8 Å². The molecule has 1 aromatic carbocycles. The summed E-state index contributed by atoms with van der Waals surface area (Å²) in [7, 11) is 0. The van der Waals surface area contributed by atoms with Crippen LogP contribution in [0.1, 0.15) is 5.56 Å². The maximum atomic E-state index is 10.5. The van der Waals surface area contributed by atoms with Crippen LogP contribution in [-0.4, -0.2) is 22.2 Å². The second-order valence-corrected chi connectivity index (χ2v) is 2.68. The van der Waals surface area contributed by atoms with E-state index < -0.39 is 17.5 Å². The third-order valence-corrected chi connectivity index (χ3v) is 1.61. The van der Waals surface area contributed by atoms with Crippen LogP contribution in [0.2, 0.25) is 0 Å². The van der Waals surface area contributed by atoms with E-state index in [4.69, 9.17) is 10.2 Å². The van der Waals surface area contributed by atoms with Crippen molar-refractivity contribution in [1.29, 1.82) is 0 Å². The van der Waals surface area contributed by atoms with Gasteiger partial charge in [-0.25, -0.2) is 9.59 Å². The van der Waals surface area contributed by atoms with E-state index in [0.717, 1.165) is 0 Å². The predicted octanol–water partition coefficient (Wildman–Crippen LogP) is 1.39. The number of aliphatic carboxylic acids is 2. The van der Waals surface area contributed by atoms with Crippen LogP contribution in [-0.2, 0) is 9.59 Å². The number of hydrogen-bond acceptors (Lipinski definition) is 2. The van der Waals surface area contributed by atoms with E-state index in [1.54, 1.807) is 30.3 Å². The van der Waals surface area contributed by atoms with Crippen LogP contribution in [0, 0.1) is 0 Å². The molecule has 0 radical (unpaired) electrons. The quantitative estimate of drug-likeness (QED) is 0.337. The molecule has 0 fully saturated rings. The summed E-state index contributed by atoms with van der Waals surface area (Å²) in [5.41, 5.74) is 2.14. The summed E-state index contributed by atoms with van der Waals surface area (Å²) in [6.07, 6.45) is 1.32. The molecule has 0 aliphatic heterocycles. The summed E-state index contributed by atoms with van der Waals surface area (Å²) < 4.78 is 0. The van der Waals surface area contributed by atoms with Gasteiger partial charge in [-0.15, -0.1) is 0 Å². The van der Waals surface area contributed by atoms with Crippen LogP contribution in [0.5, 0.6) is 0 Å². The fourth-order valence-electron chi connectivity index (χ4n) is 0.920. The summed E-state index contributed by atoms with van der Waals surface area (Å²) in [4.78, 5) is 20.9. The van der Waals surface area contributed by atoms with Gasteiger partial charge >= 0.3 is 11.9 Å². The lowest BCUT2D eigenvalue weighted by molar-refractivity contribution is -0.140. The minimum Gasteiger partial charge on any atom is -0.477 e. The highest BCUT2D eigenvalue weighted by Crippen LogP contribution is 2.01. The summed E-state index contributed by atoms with van der Waals surface area (Å²) in [5.74, 6) is -3.01. The summed E-state index contributed by atoms with van der Waals surface area (Å²) in [5, 5.41) is 17.0. The molecule has 0 aliphatic carbocycles. The van der Waals surface area contributed by atoms with Gasteiger partial charge in [0, 0.05) is 0 Å². The zero-order valence-corrected chi connectivity index (χ0v) is 7.68. The summed E-state index contributed by atoms with van der Waals surface area (Å²) in [6, 6.07) is 8.75. The van der Waals surface area contributed by atoms with Crippen LogP contribution in [0.25, 0.3) is 6.08 Å². The van der Waals surface area contributed by atoms with Gasteiger partial charge in [-0.1, -0.05) is 36.1 Å². The second-order valence-electron chi connectivity index (χ2n) is 2.68. The Bertz CT molecular complexity index is 423. The highest BCUT2D eigenvalue weighted by Gasteiger charge is 2.14. The molecule has 0 spiro atoms. The molecule has 4 nitrogen and oxygen atoms in total. The molecule has 0 aromatic heterocycles. The lowest BCUT2D eigenvalue weighted by Crippen LogP contribution is -2.09. The largest absolute Gasteiger partial charge is 0.477 e. The monoisotopic (exact) mass is 204 g/mol. The fourth-order valence-corrected chi connectivity index (χ4v) is 0.920. The van der Waals surface area contributed by atoms with E-state index in [0.29, 0.717) is 5.56 Å². The first-order chi connectivity index (χ1) is 7.11. The predicted molar refractivity (Wildman–Crippen MR) is 53.2 cm³/mol. The van der Waals surface area contributed by atoms with Gasteiger partial charge in [0.2, 0.25) is 0 Å². The number of hydrogen-bond donors (Lipinski definition) is 2. The van der Waals surface area contributed by atoms with Gasteiger partial charge in [-0.3, -0.25) is 0 Å². The van der Waals surface area contributed by atoms with Gasteiger partial charge < -0.3 is 10.2 Å². The topological polar surface area (TPSA) is 74.6 Å². The number of carboxylic acids is 2. The van der Waals surface area contributed by atoms with Crippen LogP contribution >= 0.6 is 0 Å². The molecule has 0 saturated carbocycles. The molecule has 76 valence electrons. The van der Waals surface area contributed by atoms with Crippen molar-refractivity contribution in [3.8, 4) is 0 Å². The molecule has 0 heterocycles. The maximum Gasteiger partial charge on any atom is 0.351 e. The van der Waals surface area contributed by atoms with Gasteiger partial charge in [-0.2, -0.15) is 0 Å². The minimum atomic E-state index is -1.50. The highest BCUT2D eigenvalue weighted by atomic mass is 16.4. The SMILES string of the molecule is O=C(O)C(=C=Cc1ccccc1)C(=O)O. The number of benzene rings is 1. The normalized spacial score (nSPS) is 8.80.